The van der Waals surface area contributed by atoms with Crippen LogP contribution in [0.3, 0.4) is 0 Å². The van der Waals surface area contributed by atoms with Crippen LogP contribution in [0.1, 0.15) is 324 Å². The van der Waals surface area contributed by atoms with Crippen molar-refractivity contribution in [1.29, 1.82) is 0 Å². The SMILES string of the molecule is CN1C(C)(C)CC(C(C(=O)OC2CC(C)(C)NC(C)(C)C2)C(C(=O)OC2CC(C)(C)NC(C)(C)C2)(C2CC(C)(C)N(C)C(C)(C)C2)C(C(=O)OC2CC(C)(C)NC(C)(C)C2)(C2CC(C)(C)N(C)C(C)(C)C2)C(C(=O)OC2CC(C)(C)NC(C)(C)C2)C2CC(C)(C)N(C)C(C)(C)C2)CC1(C)C. The van der Waals surface area contributed by atoms with E-state index >= 15 is 19.2 Å². The maximum atomic E-state index is 19.7. The summed E-state index contributed by atoms with van der Waals surface area (Å²) in [7, 11) is 8.83. The van der Waals surface area contributed by atoms with Crippen LogP contribution in [0.5, 0.6) is 0 Å². The summed E-state index contributed by atoms with van der Waals surface area (Å²) in [5.74, 6) is -7.71. The van der Waals surface area contributed by atoms with Gasteiger partial charge in [-0.15, -0.1) is 0 Å². The van der Waals surface area contributed by atoms with E-state index in [9.17, 15) is 0 Å². The predicted molar refractivity (Wildman–Crippen MR) is 408 cm³/mol. The minimum absolute atomic E-state index is 0.381. The van der Waals surface area contributed by atoms with Gasteiger partial charge in [-0.2, -0.15) is 0 Å². The van der Waals surface area contributed by atoms with Crippen LogP contribution in [0.2, 0.25) is 0 Å². The van der Waals surface area contributed by atoms with Crippen molar-refractivity contribution in [2.24, 2.45) is 46.3 Å². The minimum atomic E-state index is -2.24. The Labute approximate surface area is 611 Å². The quantitative estimate of drug-likeness (QED) is 0.0903. The van der Waals surface area contributed by atoms with Crippen molar-refractivity contribution in [1.82, 2.24) is 40.9 Å². The Morgan fingerprint density at radius 1 is 0.270 bits per heavy atom. The van der Waals surface area contributed by atoms with Crippen LogP contribution in [0.15, 0.2) is 0 Å². The molecule has 0 aliphatic carbocycles. The summed E-state index contributed by atoms with van der Waals surface area (Å²) in [6.45, 7) is 71.7. The Bertz CT molecular complexity index is 2690. The molecule has 8 saturated heterocycles. The molecule has 0 aromatic rings. The molecule has 0 spiro atoms. The molecule has 100 heavy (non-hydrogen) atoms. The van der Waals surface area contributed by atoms with E-state index in [4.69, 9.17) is 18.9 Å². The van der Waals surface area contributed by atoms with Gasteiger partial charge in [-0.3, -0.25) is 38.8 Å². The average Bonchev–Trinajstić information content (AvgIpc) is 0.665. The normalized spacial score (nSPS) is 31.8. The number of rotatable bonds is 15. The number of hydrogen-bond donors (Lipinski definition) is 4. The van der Waals surface area contributed by atoms with Gasteiger partial charge in [-0.25, -0.2) is 0 Å². The molecule has 8 heterocycles. The Kier molecular flexibility index (Phi) is 21.8. The second-order valence-corrected chi connectivity index (χ2v) is 45.4. The van der Waals surface area contributed by atoms with Crippen LogP contribution < -0.4 is 21.3 Å². The van der Waals surface area contributed by atoms with Gasteiger partial charge in [0, 0.05) is 140 Å². The third kappa shape index (κ3) is 16.6. The van der Waals surface area contributed by atoms with E-state index in [0.717, 1.165) is 0 Å². The van der Waals surface area contributed by atoms with Crippen molar-refractivity contribution >= 4 is 23.9 Å². The highest BCUT2D eigenvalue weighted by Gasteiger charge is 2.82. The molecule has 578 valence electrons. The highest BCUT2D eigenvalue weighted by molar-refractivity contribution is 5.97. The molecule has 8 fully saturated rings. The number of carbonyl (C=O) groups excluding carboxylic acids is 4. The van der Waals surface area contributed by atoms with Crippen LogP contribution in [-0.4, -0.2) is 185 Å². The van der Waals surface area contributed by atoms with Crippen LogP contribution in [0.4, 0.5) is 0 Å². The summed E-state index contributed by atoms with van der Waals surface area (Å²) in [5.41, 5.74) is -13.1. The number of piperidine rings is 8. The van der Waals surface area contributed by atoms with E-state index in [1.54, 1.807) is 0 Å². The van der Waals surface area contributed by atoms with Crippen LogP contribution >= 0.6 is 0 Å². The third-order valence-corrected chi connectivity index (χ3v) is 28.1. The molecule has 0 aromatic carbocycles. The molecule has 0 bridgehead atoms. The van der Waals surface area contributed by atoms with E-state index in [1.807, 2.05) is 0 Å². The van der Waals surface area contributed by atoms with E-state index in [1.165, 1.54) is 0 Å². The number of nitrogens with zero attached hydrogens (tertiary/aromatic N) is 4. The van der Waals surface area contributed by atoms with Crippen LogP contribution in [0.25, 0.3) is 0 Å². The summed E-state index contributed by atoms with van der Waals surface area (Å²) >= 11 is 0. The van der Waals surface area contributed by atoms with Gasteiger partial charge < -0.3 is 40.2 Å². The second-order valence-electron chi connectivity index (χ2n) is 45.4. The monoisotopic (exact) mass is 1400 g/mol. The van der Waals surface area contributed by atoms with Crippen molar-refractivity contribution in [2.75, 3.05) is 28.2 Å². The minimum Gasteiger partial charge on any atom is -0.462 e. The first-order valence-electron chi connectivity index (χ1n) is 39.5. The maximum absolute atomic E-state index is 19.7. The average molecular weight is 1400 g/mol. The van der Waals surface area contributed by atoms with E-state index < -0.39 is 183 Å². The van der Waals surface area contributed by atoms with Crippen LogP contribution in [0, 0.1) is 46.3 Å². The molecule has 0 radical (unpaired) electrons. The smallest absolute Gasteiger partial charge is 0.314 e. The van der Waals surface area contributed by atoms with Gasteiger partial charge in [0.1, 0.15) is 35.2 Å². The van der Waals surface area contributed by atoms with Gasteiger partial charge in [-0.1, -0.05) is 0 Å². The highest BCUT2D eigenvalue weighted by atomic mass is 16.6. The Hall–Kier alpha value is -2.44. The Morgan fingerprint density at radius 2 is 0.430 bits per heavy atom. The lowest BCUT2D eigenvalue weighted by molar-refractivity contribution is -0.259. The number of likely N-dealkylation sites (tertiary alicyclic amines) is 4. The van der Waals surface area contributed by atoms with Crippen molar-refractivity contribution in [3.63, 3.8) is 0 Å². The molecule has 0 amide bonds. The molecule has 4 atom stereocenters. The summed E-state index contributed by atoms with van der Waals surface area (Å²) in [4.78, 5) is 86.5. The molecule has 8 aliphatic rings. The lowest BCUT2D eigenvalue weighted by Gasteiger charge is -2.68. The molecular weight excluding hydrogens is 1250 g/mol. The first kappa shape index (κ1) is 83.2. The molecule has 16 heteroatoms. The van der Waals surface area contributed by atoms with Crippen molar-refractivity contribution < 1.29 is 38.1 Å². The number of ether oxygens (including phenoxy) is 4. The van der Waals surface area contributed by atoms with Gasteiger partial charge >= 0.3 is 23.9 Å². The molecule has 0 saturated carbocycles. The van der Waals surface area contributed by atoms with Crippen molar-refractivity contribution in [3.8, 4) is 0 Å². The van der Waals surface area contributed by atoms with Crippen molar-refractivity contribution in [2.45, 2.75) is 437 Å². The molecule has 8 rings (SSSR count). The fraction of sp³-hybridized carbons (Fsp3) is 0.952. The third-order valence-electron chi connectivity index (χ3n) is 28.1. The number of esters is 4. The van der Waals surface area contributed by atoms with E-state index in [2.05, 4.69) is 291 Å². The highest BCUT2D eigenvalue weighted by Crippen LogP contribution is 2.72. The fourth-order valence-electron chi connectivity index (χ4n) is 25.1. The fourth-order valence-corrected chi connectivity index (χ4v) is 25.1. The summed E-state index contributed by atoms with van der Waals surface area (Å²) in [6.07, 6.45) is 4.91. The zero-order valence-electron chi connectivity index (χ0n) is 71.1. The molecular formula is C84H154N8O8. The number of carbonyl (C=O) groups is 4. The topological polar surface area (TPSA) is 166 Å². The zero-order valence-corrected chi connectivity index (χ0v) is 71.1. The summed E-state index contributed by atoms with van der Waals surface area (Å²) < 4.78 is 31.7. The number of hydrogen-bond acceptors (Lipinski definition) is 16. The Balaban J connectivity index is 1.73. The van der Waals surface area contributed by atoms with Gasteiger partial charge in [0.2, 0.25) is 0 Å². The predicted octanol–water partition coefficient (Wildman–Crippen LogP) is 15.2. The molecule has 8 aliphatic heterocycles. The van der Waals surface area contributed by atoms with Crippen LogP contribution in [-0.2, 0) is 38.1 Å². The first-order valence-corrected chi connectivity index (χ1v) is 39.5. The largest absolute Gasteiger partial charge is 0.462 e. The molecule has 16 nitrogen and oxygen atoms in total. The lowest BCUT2D eigenvalue weighted by Crippen LogP contribution is -2.77. The van der Waals surface area contributed by atoms with Crippen molar-refractivity contribution in [3.05, 3.63) is 0 Å². The zero-order chi connectivity index (χ0) is 76.4. The second kappa shape index (κ2) is 26.2. The van der Waals surface area contributed by atoms with Gasteiger partial charge in [0.25, 0.3) is 0 Å². The number of nitrogens with one attached hydrogen (secondary N) is 4. The maximum Gasteiger partial charge on any atom is 0.314 e. The van der Waals surface area contributed by atoms with Gasteiger partial charge in [-0.05, 0) is 325 Å². The summed E-state index contributed by atoms with van der Waals surface area (Å²) in [6, 6.07) is 0. The molecule has 4 unspecified atom stereocenters. The molecule has 0 aromatic heterocycles. The van der Waals surface area contributed by atoms with E-state index in [-0.39, 0.29) is 0 Å². The first-order chi connectivity index (χ1) is 44.5. The van der Waals surface area contributed by atoms with E-state index in [0.29, 0.717) is 103 Å². The Morgan fingerprint density at radius 3 is 0.610 bits per heavy atom. The lowest BCUT2D eigenvalue weighted by atomic mass is 9.36. The molecule has 4 N–H and O–H groups in total. The van der Waals surface area contributed by atoms with Gasteiger partial charge in [0.15, 0.2) is 0 Å². The van der Waals surface area contributed by atoms with Gasteiger partial charge in [0.05, 0.1) is 11.8 Å². The standard InChI is InChI=1S/C84H154N8O8/c1-67(2)45-57(46-68(3,4)85-67)97-63(93)61(53-37-75(17,18)89(33)76(19,20)38-53)83(55-41-79(25,26)91(35)80(27,28)42-55,65(95)99-59-49-71(9,10)87-72(11,12)50-59)84(56-43-81(29,30)92(36)82(31,32)44-56,66(96)100-60-51-73(13,14)88-74(15,16)52-60)62(54-39-77(21,22)90(34)78(23,24)40-54)64(94)98-58-47-69(5,6)86-70(7,8)48-58/h53-62,85-88H,37-52H2,1-36H3. The summed E-state index contributed by atoms with van der Waals surface area (Å²) in [5, 5.41) is 15.7.